The Morgan fingerprint density at radius 3 is 2.64 bits per heavy atom. The van der Waals surface area contributed by atoms with Crippen LogP contribution in [0.15, 0.2) is 99.3 Å². The van der Waals surface area contributed by atoms with Crippen LogP contribution in [0.2, 0.25) is 0 Å². The number of rotatable bonds is 6. The summed E-state index contributed by atoms with van der Waals surface area (Å²) in [6.45, 7) is 0. The Hall–Kier alpha value is -3.91. The van der Waals surface area contributed by atoms with Gasteiger partial charge in [0, 0.05) is 12.1 Å². The molecule has 0 bridgehead atoms. The molecule has 2 unspecified atom stereocenters. The van der Waals surface area contributed by atoms with Crippen LogP contribution in [-0.2, 0) is 4.79 Å². The van der Waals surface area contributed by atoms with E-state index in [1.54, 1.807) is 11.2 Å². The van der Waals surface area contributed by atoms with E-state index in [0.29, 0.717) is 11.1 Å². The van der Waals surface area contributed by atoms with Crippen LogP contribution in [0.3, 0.4) is 0 Å². The Kier molecular flexibility index (Phi) is 6.26. The monoisotopic (exact) mass is 495 g/mol. The molecule has 4 aromatic rings. The molecule has 1 fully saturated rings. The fourth-order valence-corrected chi connectivity index (χ4v) is 5.59. The highest BCUT2D eigenvalue weighted by Gasteiger charge is 2.43. The molecule has 1 aliphatic carbocycles. The van der Waals surface area contributed by atoms with Gasteiger partial charge in [0.25, 0.3) is 17.0 Å². The maximum Gasteiger partial charge on any atom is 0.277 e. The van der Waals surface area contributed by atoms with Gasteiger partial charge in [-0.25, -0.2) is 5.01 Å². The van der Waals surface area contributed by atoms with Crippen LogP contribution >= 0.6 is 11.8 Å². The Balaban J connectivity index is 1.26. The van der Waals surface area contributed by atoms with Crippen molar-refractivity contribution in [3.05, 3.63) is 95.7 Å². The van der Waals surface area contributed by atoms with E-state index in [9.17, 15) is 4.79 Å². The molecule has 0 radical (unpaired) electrons. The van der Waals surface area contributed by atoms with Gasteiger partial charge in [0.1, 0.15) is 5.69 Å². The summed E-state index contributed by atoms with van der Waals surface area (Å²) < 4.78 is 5.72. The summed E-state index contributed by atoms with van der Waals surface area (Å²) in [5.74, 6) is 0.666. The molecule has 36 heavy (non-hydrogen) atoms. The second kappa shape index (κ2) is 9.99. The minimum Gasteiger partial charge on any atom is -0.410 e. The Morgan fingerprint density at radius 1 is 1.06 bits per heavy atom. The minimum absolute atomic E-state index is 0.0746. The predicted molar refractivity (Wildman–Crippen MR) is 140 cm³/mol. The lowest BCUT2D eigenvalue weighted by molar-refractivity contribution is -0.130. The number of amides is 1. The van der Waals surface area contributed by atoms with E-state index in [1.807, 2.05) is 48.5 Å². The fourth-order valence-electron chi connectivity index (χ4n) is 4.97. The van der Waals surface area contributed by atoms with Gasteiger partial charge in [0.15, 0.2) is 0 Å². The molecule has 2 aliphatic rings. The Labute approximate surface area is 213 Å². The standard InChI is InChI=1S/C28H25N5O2S/c34-24(18-36-28-31-30-27(35-28)23-15-8-16-29-23)33-26(20-11-5-2-6-12-20)22-14-7-13-21(25(22)32-33)17-19-9-3-1-4-10-19/h1-6,8-12,15-17,22,26,29H,7,13-14,18H2/b21-17+. The van der Waals surface area contributed by atoms with Gasteiger partial charge in [0.2, 0.25) is 0 Å². The molecule has 1 saturated carbocycles. The normalized spacial score (nSPS) is 20.4. The number of carbonyl (C=O) groups excluding carboxylic acids is 1. The van der Waals surface area contributed by atoms with Crippen molar-refractivity contribution in [1.82, 2.24) is 20.2 Å². The second-order valence-corrected chi connectivity index (χ2v) is 9.83. The van der Waals surface area contributed by atoms with Crippen LogP contribution in [-0.4, -0.2) is 37.6 Å². The largest absolute Gasteiger partial charge is 0.410 e. The van der Waals surface area contributed by atoms with Crippen molar-refractivity contribution in [3.63, 3.8) is 0 Å². The maximum absolute atomic E-state index is 13.5. The van der Waals surface area contributed by atoms with E-state index >= 15 is 0 Å². The van der Waals surface area contributed by atoms with E-state index in [1.165, 1.54) is 17.3 Å². The van der Waals surface area contributed by atoms with Crippen molar-refractivity contribution in [2.75, 3.05) is 5.75 Å². The van der Waals surface area contributed by atoms with E-state index in [-0.39, 0.29) is 23.6 Å². The number of thioether (sulfide) groups is 1. The Morgan fingerprint density at radius 2 is 1.86 bits per heavy atom. The number of allylic oxidation sites excluding steroid dienone is 1. The summed E-state index contributed by atoms with van der Waals surface area (Å²) in [5.41, 5.74) is 5.25. The maximum atomic E-state index is 13.5. The molecule has 1 amide bonds. The summed E-state index contributed by atoms with van der Waals surface area (Å²) >= 11 is 1.24. The average Bonchev–Trinajstić information content (AvgIpc) is 3.68. The quantitative estimate of drug-likeness (QED) is 0.333. The molecule has 6 rings (SSSR count). The number of aromatic nitrogens is 3. The topological polar surface area (TPSA) is 87.4 Å². The number of fused-ring (bicyclic) bond motifs is 1. The van der Waals surface area contributed by atoms with Gasteiger partial charge < -0.3 is 9.40 Å². The van der Waals surface area contributed by atoms with Crippen LogP contribution in [0.25, 0.3) is 17.7 Å². The van der Waals surface area contributed by atoms with Gasteiger partial charge in [-0.05, 0) is 54.2 Å². The van der Waals surface area contributed by atoms with E-state index in [2.05, 4.69) is 45.5 Å². The van der Waals surface area contributed by atoms with Gasteiger partial charge in [0.05, 0.1) is 17.5 Å². The highest BCUT2D eigenvalue weighted by atomic mass is 32.2. The van der Waals surface area contributed by atoms with Crippen LogP contribution in [0.5, 0.6) is 0 Å². The first-order valence-corrected chi connectivity index (χ1v) is 13.1. The molecule has 8 heteroatoms. The van der Waals surface area contributed by atoms with Crippen molar-refractivity contribution in [3.8, 4) is 11.6 Å². The molecule has 1 N–H and O–H groups in total. The van der Waals surface area contributed by atoms with Crippen LogP contribution in [0.1, 0.15) is 36.4 Å². The first-order chi connectivity index (χ1) is 17.8. The number of H-pyrrole nitrogens is 1. The van der Waals surface area contributed by atoms with Crippen molar-refractivity contribution in [1.29, 1.82) is 0 Å². The number of benzene rings is 2. The van der Waals surface area contributed by atoms with E-state index in [4.69, 9.17) is 9.52 Å². The minimum atomic E-state index is -0.120. The summed E-state index contributed by atoms with van der Waals surface area (Å²) in [7, 11) is 0. The highest BCUT2D eigenvalue weighted by molar-refractivity contribution is 7.99. The van der Waals surface area contributed by atoms with E-state index < -0.39 is 0 Å². The SMILES string of the molecule is O=C(CSc1nnc(-c2ccc[nH]2)o1)N1N=C2/C(=C/c3ccccc3)CCCC2C1c1ccccc1. The zero-order valence-electron chi connectivity index (χ0n) is 19.6. The molecule has 2 aromatic carbocycles. The summed E-state index contributed by atoms with van der Waals surface area (Å²) in [6.07, 6.45) is 7.06. The third kappa shape index (κ3) is 4.52. The van der Waals surface area contributed by atoms with Crippen LogP contribution in [0.4, 0.5) is 0 Å². The number of hydrogen-bond acceptors (Lipinski definition) is 6. The van der Waals surface area contributed by atoms with Crippen molar-refractivity contribution in [2.45, 2.75) is 30.5 Å². The molecule has 180 valence electrons. The first kappa shape index (κ1) is 22.5. The van der Waals surface area contributed by atoms with Crippen molar-refractivity contribution < 1.29 is 9.21 Å². The van der Waals surface area contributed by atoms with Gasteiger partial charge >= 0.3 is 0 Å². The van der Waals surface area contributed by atoms with Gasteiger partial charge in [-0.3, -0.25) is 4.79 Å². The number of carbonyl (C=O) groups is 1. The number of nitrogens with zero attached hydrogens (tertiary/aromatic N) is 4. The smallest absolute Gasteiger partial charge is 0.277 e. The van der Waals surface area contributed by atoms with Crippen LogP contribution in [0, 0.1) is 5.92 Å². The predicted octanol–water partition coefficient (Wildman–Crippen LogP) is 5.98. The lowest BCUT2D eigenvalue weighted by Crippen LogP contribution is -2.32. The molecule has 7 nitrogen and oxygen atoms in total. The zero-order valence-corrected chi connectivity index (χ0v) is 20.4. The van der Waals surface area contributed by atoms with Crippen LogP contribution < -0.4 is 0 Å². The van der Waals surface area contributed by atoms with E-state index in [0.717, 1.165) is 41.8 Å². The Bertz CT molecular complexity index is 1400. The third-order valence-corrected chi connectivity index (χ3v) is 7.40. The highest BCUT2D eigenvalue weighted by Crippen LogP contribution is 2.44. The molecule has 2 aromatic heterocycles. The van der Waals surface area contributed by atoms with Gasteiger partial charge in [-0.15, -0.1) is 10.2 Å². The third-order valence-electron chi connectivity index (χ3n) is 6.59. The lowest BCUT2D eigenvalue weighted by Gasteiger charge is -2.29. The van der Waals surface area contributed by atoms with Crippen molar-refractivity contribution in [2.24, 2.45) is 11.0 Å². The molecule has 1 aliphatic heterocycles. The number of nitrogens with one attached hydrogen (secondary N) is 1. The second-order valence-electron chi connectivity index (χ2n) is 8.90. The van der Waals surface area contributed by atoms with Gasteiger partial charge in [-0.1, -0.05) is 72.4 Å². The fraction of sp³-hybridized carbons (Fsp3) is 0.214. The van der Waals surface area contributed by atoms with Gasteiger partial charge in [-0.2, -0.15) is 5.10 Å². The number of hydrazone groups is 1. The number of aromatic amines is 1. The molecule has 0 saturated heterocycles. The summed E-state index contributed by atoms with van der Waals surface area (Å²) in [6, 6.07) is 24.1. The zero-order chi connectivity index (χ0) is 24.3. The summed E-state index contributed by atoms with van der Waals surface area (Å²) in [4.78, 5) is 16.6. The molecular formula is C28H25N5O2S. The first-order valence-electron chi connectivity index (χ1n) is 12.1. The molecular weight excluding hydrogens is 470 g/mol. The summed E-state index contributed by atoms with van der Waals surface area (Å²) in [5, 5.41) is 15.2. The molecule has 0 spiro atoms. The lowest BCUT2D eigenvalue weighted by atomic mass is 9.77. The average molecular weight is 496 g/mol. The molecule has 2 atom stereocenters. The van der Waals surface area contributed by atoms with Crippen molar-refractivity contribution >= 4 is 29.5 Å². The number of hydrogen-bond donors (Lipinski definition) is 1. The molecule has 3 heterocycles.